The first kappa shape index (κ1) is 25.2. The summed E-state index contributed by atoms with van der Waals surface area (Å²) in [5.74, 6) is 0.658. The number of nitriles is 1. The third kappa shape index (κ3) is 6.77. The van der Waals surface area contributed by atoms with E-state index in [9.17, 15) is 14.8 Å². The van der Waals surface area contributed by atoms with Crippen LogP contribution >= 0.6 is 0 Å². The zero-order valence-electron chi connectivity index (χ0n) is 19.8. The standard InChI is InChI=1S/C27H36FN3O2/c1-22(2)27(21-29,24-6-4-23(20-32)5-7-24)12-3-13-30-14-16-31(17-15-30)18-19-33-26-10-8-25(28)9-11-26/h4-11,22,32H,3,12-20H2,1-2H3. The van der Waals surface area contributed by atoms with Crippen molar-refractivity contribution < 1.29 is 14.2 Å². The Hall–Kier alpha value is -2.46. The van der Waals surface area contributed by atoms with Crippen molar-refractivity contribution in [3.8, 4) is 11.8 Å². The number of halogens is 1. The zero-order chi connectivity index (χ0) is 23.7. The van der Waals surface area contributed by atoms with Crippen LogP contribution in [0.3, 0.4) is 0 Å². The van der Waals surface area contributed by atoms with Crippen molar-refractivity contribution in [2.24, 2.45) is 5.92 Å². The molecule has 0 radical (unpaired) electrons. The van der Waals surface area contributed by atoms with Crippen LogP contribution in [0.4, 0.5) is 4.39 Å². The summed E-state index contributed by atoms with van der Waals surface area (Å²) in [6.07, 6.45) is 1.80. The summed E-state index contributed by atoms with van der Waals surface area (Å²) in [4.78, 5) is 4.88. The van der Waals surface area contributed by atoms with Gasteiger partial charge < -0.3 is 14.7 Å². The van der Waals surface area contributed by atoms with E-state index in [0.29, 0.717) is 12.4 Å². The molecule has 1 fully saturated rings. The van der Waals surface area contributed by atoms with Gasteiger partial charge in [-0.3, -0.25) is 4.90 Å². The summed E-state index contributed by atoms with van der Waals surface area (Å²) >= 11 is 0. The van der Waals surface area contributed by atoms with Crippen molar-refractivity contribution in [1.82, 2.24) is 9.80 Å². The quantitative estimate of drug-likeness (QED) is 0.552. The average Bonchev–Trinajstić information content (AvgIpc) is 2.84. The molecule has 2 aromatic rings. The van der Waals surface area contributed by atoms with E-state index < -0.39 is 5.41 Å². The summed E-state index contributed by atoms with van der Waals surface area (Å²) in [6.45, 7) is 10.8. The van der Waals surface area contributed by atoms with E-state index in [4.69, 9.17) is 4.74 Å². The number of rotatable bonds is 11. The maximum Gasteiger partial charge on any atom is 0.123 e. The topological polar surface area (TPSA) is 59.7 Å². The van der Waals surface area contributed by atoms with E-state index in [1.54, 1.807) is 12.1 Å². The Kier molecular flexibility index (Phi) is 9.25. The van der Waals surface area contributed by atoms with Crippen LogP contribution in [0.1, 0.15) is 37.8 Å². The Morgan fingerprint density at radius 1 is 1.00 bits per heavy atom. The molecule has 0 spiro atoms. The second-order valence-electron chi connectivity index (χ2n) is 9.18. The van der Waals surface area contributed by atoms with Crippen LogP contribution in [0, 0.1) is 23.1 Å². The van der Waals surface area contributed by atoms with E-state index in [0.717, 1.165) is 63.2 Å². The molecule has 33 heavy (non-hydrogen) atoms. The van der Waals surface area contributed by atoms with Gasteiger partial charge in [0.2, 0.25) is 0 Å². The van der Waals surface area contributed by atoms with E-state index >= 15 is 0 Å². The molecule has 1 aliphatic heterocycles. The van der Waals surface area contributed by atoms with Crippen molar-refractivity contribution in [3.05, 3.63) is 65.5 Å². The molecule has 0 bridgehead atoms. The fourth-order valence-corrected chi connectivity index (χ4v) is 4.56. The minimum atomic E-state index is -0.506. The normalized spacial score (nSPS) is 17.0. The highest BCUT2D eigenvalue weighted by atomic mass is 19.1. The van der Waals surface area contributed by atoms with Crippen molar-refractivity contribution in [2.45, 2.75) is 38.7 Å². The highest BCUT2D eigenvalue weighted by Gasteiger charge is 2.35. The highest BCUT2D eigenvalue weighted by Crippen LogP contribution is 2.36. The molecule has 178 valence electrons. The Labute approximate surface area is 197 Å². The Balaban J connectivity index is 1.42. The number of aliphatic hydroxyl groups excluding tert-OH is 1. The average molecular weight is 454 g/mol. The summed E-state index contributed by atoms with van der Waals surface area (Å²) in [6, 6.07) is 16.6. The van der Waals surface area contributed by atoms with Crippen molar-refractivity contribution >= 4 is 0 Å². The van der Waals surface area contributed by atoms with Crippen LogP contribution in [-0.2, 0) is 12.0 Å². The van der Waals surface area contributed by atoms with Crippen LogP contribution in [0.25, 0.3) is 0 Å². The van der Waals surface area contributed by atoms with Crippen LogP contribution < -0.4 is 4.74 Å². The molecule has 2 aromatic carbocycles. The first-order valence-electron chi connectivity index (χ1n) is 11.9. The fraction of sp³-hybridized carbons (Fsp3) is 0.519. The van der Waals surface area contributed by atoms with Crippen LogP contribution in [0.5, 0.6) is 5.75 Å². The van der Waals surface area contributed by atoms with Gasteiger partial charge in [0.05, 0.1) is 18.1 Å². The predicted molar refractivity (Wildman–Crippen MR) is 129 cm³/mol. The number of benzene rings is 2. The Morgan fingerprint density at radius 2 is 1.61 bits per heavy atom. The van der Waals surface area contributed by atoms with Crippen LogP contribution in [0.2, 0.25) is 0 Å². The molecular formula is C27H36FN3O2. The molecule has 0 aromatic heterocycles. The lowest BCUT2D eigenvalue weighted by Gasteiger charge is -2.36. The van der Waals surface area contributed by atoms with Gasteiger partial charge in [-0.25, -0.2) is 4.39 Å². The van der Waals surface area contributed by atoms with E-state index in [2.05, 4.69) is 29.7 Å². The van der Waals surface area contributed by atoms with Gasteiger partial charge in [-0.15, -0.1) is 0 Å². The third-order valence-electron chi connectivity index (χ3n) is 6.84. The van der Waals surface area contributed by atoms with Gasteiger partial charge in [-0.05, 0) is 60.7 Å². The molecule has 1 heterocycles. The molecule has 1 atom stereocenters. The Morgan fingerprint density at radius 3 is 2.15 bits per heavy atom. The largest absolute Gasteiger partial charge is 0.492 e. The SMILES string of the molecule is CC(C)C(C#N)(CCCN1CCN(CCOc2ccc(F)cc2)CC1)c1ccc(CO)cc1. The van der Waals surface area contributed by atoms with Crippen molar-refractivity contribution in [2.75, 3.05) is 45.9 Å². The second-order valence-corrected chi connectivity index (χ2v) is 9.18. The lowest BCUT2D eigenvalue weighted by Crippen LogP contribution is -2.47. The molecule has 0 saturated carbocycles. The second kappa shape index (κ2) is 12.1. The predicted octanol–water partition coefficient (Wildman–Crippen LogP) is 4.21. The van der Waals surface area contributed by atoms with Gasteiger partial charge in [0.15, 0.2) is 0 Å². The number of hydrogen-bond acceptors (Lipinski definition) is 5. The molecular weight excluding hydrogens is 417 g/mol. The summed E-state index contributed by atoms with van der Waals surface area (Å²) in [7, 11) is 0. The monoisotopic (exact) mass is 453 g/mol. The fourth-order valence-electron chi connectivity index (χ4n) is 4.56. The maximum absolute atomic E-state index is 13.0. The van der Waals surface area contributed by atoms with Gasteiger partial charge in [0, 0.05) is 32.7 Å². The number of nitrogens with zero attached hydrogens (tertiary/aromatic N) is 3. The number of ether oxygens (including phenoxy) is 1. The molecule has 1 aliphatic rings. The molecule has 5 nitrogen and oxygen atoms in total. The van der Waals surface area contributed by atoms with E-state index in [1.807, 2.05) is 24.3 Å². The maximum atomic E-state index is 13.0. The van der Waals surface area contributed by atoms with Gasteiger partial charge >= 0.3 is 0 Å². The first-order chi connectivity index (χ1) is 16.0. The van der Waals surface area contributed by atoms with Gasteiger partial charge in [-0.1, -0.05) is 38.1 Å². The smallest absolute Gasteiger partial charge is 0.123 e. The molecule has 0 aliphatic carbocycles. The summed E-state index contributed by atoms with van der Waals surface area (Å²) in [5.41, 5.74) is 1.41. The molecule has 6 heteroatoms. The molecule has 1 unspecified atom stereocenters. The number of aliphatic hydroxyl groups is 1. The lowest BCUT2D eigenvalue weighted by molar-refractivity contribution is 0.114. The van der Waals surface area contributed by atoms with Gasteiger partial charge in [0.25, 0.3) is 0 Å². The van der Waals surface area contributed by atoms with Crippen LogP contribution in [-0.4, -0.2) is 60.8 Å². The third-order valence-corrected chi connectivity index (χ3v) is 6.84. The molecule has 3 rings (SSSR count). The minimum Gasteiger partial charge on any atom is -0.492 e. The van der Waals surface area contributed by atoms with E-state index in [1.165, 1.54) is 12.1 Å². The summed E-state index contributed by atoms with van der Waals surface area (Å²) in [5, 5.41) is 19.4. The lowest BCUT2D eigenvalue weighted by atomic mass is 9.69. The van der Waals surface area contributed by atoms with Crippen molar-refractivity contribution in [1.29, 1.82) is 5.26 Å². The zero-order valence-corrected chi connectivity index (χ0v) is 19.8. The number of piperazine rings is 1. The summed E-state index contributed by atoms with van der Waals surface area (Å²) < 4.78 is 18.7. The first-order valence-corrected chi connectivity index (χ1v) is 11.9. The molecule has 0 amide bonds. The van der Waals surface area contributed by atoms with Gasteiger partial charge in [-0.2, -0.15) is 5.26 Å². The highest BCUT2D eigenvalue weighted by molar-refractivity contribution is 5.35. The van der Waals surface area contributed by atoms with Crippen molar-refractivity contribution in [3.63, 3.8) is 0 Å². The Bertz CT molecular complexity index is 887. The number of hydrogen-bond donors (Lipinski definition) is 1. The van der Waals surface area contributed by atoms with Gasteiger partial charge in [0.1, 0.15) is 18.2 Å². The molecule has 1 N–H and O–H groups in total. The minimum absolute atomic E-state index is 0.0197. The van der Waals surface area contributed by atoms with Crippen LogP contribution in [0.15, 0.2) is 48.5 Å². The van der Waals surface area contributed by atoms with E-state index in [-0.39, 0.29) is 18.3 Å². The molecule has 1 saturated heterocycles.